The smallest absolute Gasteiger partial charge is 0.305 e. The average Bonchev–Trinajstić information content (AvgIpc) is 2.64. The number of aliphatic carboxylic acids is 1. The number of carboxylic acids is 1. The Bertz CT molecular complexity index is 892. The largest absolute Gasteiger partial charge is 0.481 e. The number of alkyl halides is 2. The Morgan fingerprint density at radius 1 is 1.12 bits per heavy atom. The molecule has 14 heteroatoms. The molecule has 0 bridgehead atoms. The van der Waals surface area contributed by atoms with Crippen molar-refractivity contribution in [2.24, 2.45) is 11.7 Å². The second-order valence-corrected chi connectivity index (χ2v) is 9.81. The van der Waals surface area contributed by atoms with Gasteiger partial charge in [-0.1, -0.05) is 54.7 Å². The van der Waals surface area contributed by atoms with Crippen molar-refractivity contribution >= 4 is 51.1 Å². The molecule has 2 amide bonds. The first-order valence-corrected chi connectivity index (χ1v) is 11.3. The maximum Gasteiger partial charge on any atom is 0.305 e. The maximum absolute atomic E-state index is 11.9. The number of carbonyl (C=O) groups excluding carboxylic acids is 2. The van der Waals surface area contributed by atoms with Crippen LogP contribution in [0.25, 0.3) is 0 Å². The fourth-order valence-electron chi connectivity index (χ4n) is 1.86. The van der Waals surface area contributed by atoms with Crippen LogP contribution < -0.4 is 16.4 Å². The maximum atomic E-state index is 11.9. The van der Waals surface area contributed by atoms with Gasteiger partial charge in [0.25, 0.3) is 10.1 Å². The van der Waals surface area contributed by atoms with Gasteiger partial charge in [0.05, 0.1) is 24.0 Å². The molecule has 0 aliphatic rings. The van der Waals surface area contributed by atoms with E-state index < -0.39 is 57.5 Å². The van der Waals surface area contributed by atoms with Gasteiger partial charge in [-0.3, -0.25) is 18.9 Å². The van der Waals surface area contributed by atoms with Crippen LogP contribution in [0.15, 0.2) is 29.2 Å². The normalized spacial score (nSPS) is 13.4. The van der Waals surface area contributed by atoms with Crippen LogP contribution in [0.1, 0.15) is 25.8 Å². The second kappa shape index (κ2) is 12.9. The minimum Gasteiger partial charge on any atom is -0.481 e. The highest BCUT2D eigenvalue weighted by Crippen LogP contribution is 2.26. The van der Waals surface area contributed by atoms with Crippen LogP contribution in [0.2, 0.25) is 0 Å². The van der Waals surface area contributed by atoms with Crippen LogP contribution in [0.4, 0.5) is 0 Å². The lowest BCUT2D eigenvalue weighted by Crippen LogP contribution is -2.56. The van der Waals surface area contributed by atoms with Gasteiger partial charge >= 0.3 is 5.97 Å². The molecule has 1 rings (SSSR count). The Hall–Kier alpha value is -1.96. The number of nitrogens with one attached hydrogen (secondary N) is 2. The molecule has 0 fully saturated rings. The molecule has 0 aliphatic carbocycles. The predicted molar refractivity (Wildman–Crippen MR) is 118 cm³/mol. The third-order valence-electron chi connectivity index (χ3n) is 3.88. The zero-order chi connectivity index (χ0) is 25.3. The molecule has 0 unspecified atom stereocenters. The summed E-state index contributed by atoms with van der Waals surface area (Å²) in [4.78, 5) is 33.8. The number of halogens is 2. The molecule has 0 aliphatic heterocycles. The molecule has 0 radical (unpaired) electrons. The summed E-state index contributed by atoms with van der Waals surface area (Å²) in [7, 11) is -4.02. The molecule has 182 valence electrons. The summed E-state index contributed by atoms with van der Waals surface area (Å²) in [6.07, 6.45) is -0.605. The summed E-state index contributed by atoms with van der Waals surface area (Å²) in [6, 6.07) is 3.31. The molecule has 2 atom stereocenters. The standard InChI is InChI=1S/C11H19Cl2N3O5.C7H8O3S/c1-5(2)11(12,13)16-10(21)7(4-17)15-9(20)6(14)3-8(18)19;1-6-2-4-7(5-3-6)11(8,9)10/h5-7,17H,3-4,14H2,1-2H3,(H,15,20)(H,16,21)(H,18,19);2-5H,1H3,(H,8,9,10)/t6-,7+;/m0./s1. The van der Waals surface area contributed by atoms with E-state index in [0.717, 1.165) is 5.56 Å². The lowest BCUT2D eigenvalue weighted by Gasteiger charge is -2.27. The minimum atomic E-state index is -4.02. The molecule has 0 aromatic heterocycles. The van der Waals surface area contributed by atoms with E-state index in [-0.39, 0.29) is 10.8 Å². The zero-order valence-corrected chi connectivity index (χ0v) is 19.9. The number of rotatable bonds is 9. The molecule has 32 heavy (non-hydrogen) atoms. The van der Waals surface area contributed by atoms with Gasteiger partial charge in [0.15, 0.2) is 4.46 Å². The molecule has 1 aromatic rings. The molecular weight excluding hydrogens is 489 g/mol. The summed E-state index contributed by atoms with van der Waals surface area (Å²) in [5.74, 6) is -3.28. The van der Waals surface area contributed by atoms with E-state index in [1.54, 1.807) is 26.0 Å². The van der Waals surface area contributed by atoms with Crippen molar-refractivity contribution in [1.29, 1.82) is 0 Å². The van der Waals surface area contributed by atoms with Gasteiger partial charge in [0.2, 0.25) is 11.8 Å². The number of hydrogen-bond acceptors (Lipinski definition) is 7. The third kappa shape index (κ3) is 11.1. The second-order valence-electron chi connectivity index (χ2n) is 7.00. The van der Waals surface area contributed by atoms with E-state index in [1.807, 2.05) is 6.92 Å². The first-order valence-electron chi connectivity index (χ1n) is 9.13. The van der Waals surface area contributed by atoms with Crippen LogP contribution in [-0.2, 0) is 24.5 Å². The van der Waals surface area contributed by atoms with Gasteiger partial charge < -0.3 is 26.6 Å². The van der Waals surface area contributed by atoms with Crippen molar-refractivity contribution < 1.29 is 37.6 Å². The Kier molecular flexibility index (Phi) is 12.1. The van der Waals surface area contributed by atoms with Crippen molar-refractivity contribution in [1.82, 2.24) is 10.6 Å². The zero-order valence-electron chi connectivity index (χ0n) is 17.6. The Balaban J connectivity index is 0.000000726. The summed E-state index contributed by atoms with van der Waals surface area (Å²) in [5, 5.41) is 22.0. The molecule has 0 heterocycles. The van der Waals surface area contributed by atoms with Gasteiger partial charge in [-0.05, 0) is 19.1 Å². The van der Waals surface area contributed by atoms with Crippen LogP contribution in [-0.4, -0.2) is 64.1 Å². The third-order valence-corrected chi connectivity index (χ3v) is 5.81. The Morgan fingerprint density at radius 3 is 2.00 bits per heavy atom. The number of aryl methyl sites for hydroxylation is 1. The quantitative estimate of drug-likeness (QED) is 0.153. The van der Waals surface area contributed by atoms with Gasteiger partial charge in [-0.2, -0.15) is 8.42 Å². The van der Waals surface area contributed by atoms with Crippen molar-refractivity contribution in [3.8, 4) is 0 Å². The summed E-state index contributed by atoms with van der Waals surface area (Å²) in [5.41, 5.74) is 6.29. The number of hydrogen-bond donors (Lipinski definition) is 6. The van der Waals surface area contributed by atoms with E-state index >= 15 is 0 Å². The van der Waals surface area contributed by atoms with Crippen molar-refractivity contribution in [3.63, 3.8) is 0 Å². The van der Waals surface area contributed by atoms with E-state index in [2.05, 4.69) is 10.6 Å². The SMILES string of the molecule is CC(C)C(Cl)(Cl)NC(=O)[C@@H](CO)NC(=O)[C@@H](N)CC(=O)O.Cc1ccc(S(=O)(=O)O)cc1. The van der Waals surface area contributed by atoms with Gasteiger partial charge in [-0.25, -0.2) is 0 Å². The lowest BCUT2D eigenvalue weighted by molar-refractivity contribution is -0.139. The number of nitrogens with two attached hydrogens (primary N) is 1. The fraction of sp³-hybridized carbons (Fsp3) is 0.500. The van der Waals surface area contributed by atoms with Crippen LogP contribution in [0, 0.1) is 12.8 Å². The fourth-order valence-corrected chi connectivity index (χ4v) is 2.53. The Morgan fingerprint density at radius 2 is 1.62 bits per heavy atom. The first-order chi connectivity index (χ1) is 14.5. The number of aliphatic hydroxyl groups is 1. The van der Waals surface area contributed by atoms with E-state index in [1.165, 1.54) is 12.1 Å². The number of amides is 2. The monoisotopic (exact) mass is 515 g/mol. The number of carbonyl (C=O) groups is 3. The highest BCUT2D eigenvalue weighted by Gasteiger charge is 2.33. The van der Waals surface area contributed by atoms with Gasteiger partial charge in [-0.15, -0.1) is 0 Å². The number of aliphatic hydroxyl groups excluding tert-OH is 1. The minimum absolute atomic E-state index is 0.0666. The van der Waals surface area contributed by atoms with Gasteiger partial charge in [0.1, 0.15) is 6.04 Å². The van der Waals surface area contributed by atoms with Crippen molar-refractivity contribution in [2.45, 2.75) is 48.6 Å². The highest BCUT2D eigenvalue weighted by molar-refractivity contribution is 7.85. The molecule has 0 spiro atoms. The predicted octanol–water partition coefficient (Wildman–Crippen LogP) is 0.411. The molecular formula is C18H27Cl2N3O8S. The first kappa shape index (κ1) is 30.0. The van der Waals surface area contributed by atoms with E-state index in [9.17, 15) is 22.8 Å². The number of carboxylic acid groups (broad SMARTS) is 1. The Labute approximate surface area is 196 Å². The van der Waals surface area contributed by atoms with E-state index in [4.69, 9.17) is 43.7 Å². The lowest BCUT2D eigenvalue weighted by atomic mass is 10.1. The highest BCUT2D eigenvalue weighted by atomic mass is 35.5. The molecule has 0 saturated carbocycles. The molecule has 11 nitrogen and oxygen atoms in total. The number of benzene rings is 1. The van der Waals surface area contributed by atoms with Gasteiger partial charge in [0, 0.05) is 5.92 Å². The molecule has 7 N–H and O–H groups in total. The summed E-state index contributed by atoms with van der Waals surface area (Å²) < 4.78 is 28.0. The topological polar surface area (TPSA) is 196 Å². The summed E-state index contributed by atoms with van der Waals surface area (Å²) >= 11 is 11.7. The van der Waals surface area contributed by atoms with Crippen molar-refractivity contribution in [2.75, 3.05) is 6.61 Å². The van der Waals surface area contributed by atoms with Crippen LogP contribution in [0.5, 0.6) is 0 Å². The van der Waals surface area contributed by atoms with E-state index in [0.29, 0.717) is 0 Å². The van der Waals surface area contributed by atoms with Crippen LogP contribution >= 0.6 is 23.2 Å². The van der Waals surface area contributed by atoms with Crippen molar-refractivity contribution in [3.05, 3.63) is 29.8 Å². The average molecular weight is 516 g/mol. The van der Waals surface area contributed by atoms with Crippen LogP contribution in [0.3, 0.4) is 0 Å². The molecule has 0 saturated heterocycles. The summed E-state index contributed by atoms with van der Waals surface area (Å²) in [6.45, 7) is 4.44. The molecule has 1 aromatic carbocycles.